The lowest BCUT2D eigenvalue weighted by Gasteiger charge is -2.20. The molecule has 0 aliphatic carbocycles. The van der Waals surface area contributed by atoms with Crippen LogP contribution in [0.4, 0.5) is 0 Å². The SMILES string of the molecule is C=C(C)Cc1cccc(P(c2ccccc2)c2ccccc2)c1. The Morgan fingerprint density at radius 3 is 1.78 bits per heavy atom. The van der Waals surface area contributed by atoms with Gasteiger partial charge in [-0.25, -0.2) is 0 Å². The summed E-state index contributed by atoms with van der Waals surface area (Å²) in [5.41, 5.74) is 2.54. The highest BCUT2D eigenvalue weighted by molar-refractivity contribution is 7.79. The third-order valence-corrected chi connectivity index (χ3v) is 6.13. The number of rotatable bonds is 5. The first-order valence-corrected chi connectivity index (χ1v) is 9.22. The molecule has 0 spiro atoms. The van der Waals surface area contributed by atoms with Crippen molar-refractivity contribution in [3.63, 3.8) is 0 Å². The lowest BCUT2D eigenvalue weighted by atomic mass is 10.1. The van der Waals surface area contributed by atoms with Crippen LogP contribution in [0, 0.1) is 0 Å². The van der Waals surface area contributed by atoms with E-state index >= 15 is 0 Å². The Kier molecular flexibility index (Phi) is 5.05. The molecule has 3 rings (SSSR count). The summed E-state index contributed by atoms with van der Waals surface area (Å²) in [6, 6.07) is 30.6. The van der Waals surface area contributed by atoms with E-state index in [2.05, 4.69) is 98.4 Å². The molecule has 0 bridgehead atoms. The molecule has 0 radical (unpaired) electrons. The van der Waals surface area contributed by atoms with Crippen LogP contribution in [-0.2, 0) is 6.42 Å². The number of allylic oxidation sites excluding steroid dienone is 1. The van der Waals surface area contributed by atoms with E-state index in [1.165, 1.54) is 27.1 Å². The van der Waals surface area contributed by atoms with Gasteiger partial charge in [0.25, 0.3) is 0 Å². The predicted molar refractivity (Wildman–Crippen MR) is 104 cm³/mol. The van der Waals surface area contributed by atoms with Gasteiger partial charge in [-0.15, -0.1) is 0 Å². The van der Waals surface area contributed by atoms with Gasteiger partial charge in [0, 0.05) is 0 Å². The van der Waals surface area contributed by atoms with Gasteiger partial charge in [0.1, 0.15) is 0 Å². The molecule has 0 fully saturated rings. The van der Waals surface area contributed by atoms with E-state index in [4.69, 9.17) is 0 Å². The standard InChI is InChI=1S/C22H21P/c1-18(2)16-19-10-9-15-22(17-19)23(20-11-5-3-6-12-20)21-13-7-4-8-14-21/h3-15,17H,1,16H2,2H3. The van der Waals surface area contributed by atoms with E-state index in [1.54, 1.807) is 0 Å². The zero-order chi connectivity index (χ0) is 16.1. The average molecular weight is 316 g/mol. The van der Waals surface area contributed by atoms with Crippen LogP contribution in [-0.4, -0.2) is 0 Å². The smallest absolute Gasteiger partial charge is 0.00723 e. The molecule has 0 saturated carbocycles. The average Bonchev–Trinajstić information content (AvgIpc) is 2.57. The molecule has 23 heavy (non-hydrogen) atoms. The van der Waals surface area contributed by atoms with Crippen LogP contribution in [0.3, 0.4) is 0 Å². The second kappa shape index (κ2) is 7.40. The fourth-order valence-corrected chi connectivity index (χ4v) is 5.12. The molecule has 0 amide bonds. The minimum absolute atomic E-state index is 0.517. The summed E-state index contributed by atoms with van der Waals surface area (Å²) in [6.07, 6.45) is 0.945. The maximum atomic E-state index is 4.05. The first-order valence-electron chi connectivity index (χ1n) is 7.87. The third kappa shape index (κ3) is 3.97. The zero-order valence-corrected chi connectivity index (χ0v) is 14.3. The van der Waals surface area contributed by atoms with Crippen molar-refractivity contribution in [2.45, 2.75) is 13.3 Å². The van der Waals surface area contributed by atoms with E-state index in [-0.39, 0.29) is 0 Å². The highest BCUT2D eigenvalue weighted by Crippen LogP contribution is 2.32. The Balaban J connectivity index is 2.07. The van der Waals surface area contributed by atoms with Crippen molar-refractivity contribution in [3.05, 3.63) is 103 Å². The van der Waals surface area contributed by atoms with E-state index in [1.807, 2.05) is 0 Å². The van der Waals surface area contributed by atoms with Gasteiger partial charge in [0.2, 0.25) is 0 Å². The Morgan fingerprint density at radius 1 is 0.739 bits per heavy atom. The van der Waals surface area contributed by atoms with Crippen molar-refractivity contribution in [2.24, 2.45) is 0 Å². The van der Waals surface area contributed by atoms with Crippen LogP contribution in [0.25, 0.3) is 0 Å². The molecule has 0 aliphatic heterocycles. The zero-order valence-electron chi connectivity index (χ0n) is 13.4. The highest BCUT2D eigenvalue weighted by Gasteiger charge is 2.16. The monoisotopic (exact) mass is 316 g/mol. The fraction of sp³-hybridized carbons (Fsp3) is 0.0909. The summed E-state index contributed by atoms with van der Waals surface area (Å²) in [5.74, 6) is 0. The molecule has 3 aromatic carbocycles. The van der Waals surface area contributed by atoms with Crippen LogP contribution >= 0.6 is 7.92 Å². The lowest BCUT2D eigenvalue weighted by Crippen LogP contribution is -2.20. The fourth-order valence-electron chi connectivity index (χ4n) is 2.76. The molecule has 1 heteroatoms. The molecule has 0 N–H and O–H groups in total. The topological polar surface area (TPSA) is 0 Å². The summed E-state index contributed by atoms with van der Waals surface area (Å²) in [4.78, 5) is 0. The molecular formula is C22H21P. The van der Waals surface area contributed by atoms with Crippen molar-refractivity contribution in [2.75, 3.05) is 0 Å². The number of hydrogen-bond donors (Lipinski definition) is 0. The normalized spacial score (nSPS) is 10.7. The van der Waals surface area contributed by atoms with Crippen LogP contribution in [0.15, 0.2) is 97.1 Å². The number of benzene rings is 3. The summed E-state index contributed by atoms with van der Waals surface area (Å²) in [6.45, 7) is 6.13. The highest BCUT2D eigenvalue weighted by atomic mass is 31.1. The van der Waals surface area contributed by atoms with Gasteiger partial charge in [-0.1, -0.05) is 97.1 Å². The summed E-state index contributed by atoms with van der Waals surface area (Å²) in [7, 11) is -0.517. The van der Waals surface area contributed by atoms with Crippen LogP contribution in [0.5, 0.6) is 0 Å². The van der Waals surface area contributed by atoms with Crippen LogP contribution in [0.1, 0.15) is 12.5 Å². The molecule has 0 atom stereocenters. The molecule has 0 aromatic heterocycles. The lowest BCUT2D eigenvalue weighted by molar-refractivity contribution is 1.16. The summed E-state index contributed by atoms with van der Waals surface area (Å²) < 4.78 is 0. The van der Waals surface area contributed by atoms with E-state index in [9.17, 15) is 0 Å². The summed E-state index contributed by atoms with van der Waals surface area (Å²) >= 11 is 0. The second-order valence-corrected chi connectivity index (χ2v) is 8.03. The Labute approximate surface area is 140 Å². The van der Waals surface area contributed by atoms with Crippen molar-refractivity contribution in [3.8, 4) is 0 Å². The molecule has 0 unspecified atom stereocenters. The van der Waals surface area contributed by atoms with E-state index in [0.717, 1.165) is 6.42 Å². The summed E-state index contributed by atoms with van der Waals surface area (Å²) in [5, 5.41) is 4.18. The predicted octanol–water partition coefficient (Wildman–Crippen LogP) is 4.56. The van der Waals surface area contributed by atoms with E-state index < -0.39 is 7.92 Å². The van der Waals surface area contributed by atoms with Crippen molar-refractivity contribution in [1.82, 2.24) is 0 Å². The molecule has 114 valence electrons. The van der Waals surface area contributed by atoms with Gasteiger partial charge in [-0.2, -0.15) is 0 Å². The van der Waals surface area contributed by atoms with Crippen LogP contribution < -0.4 is 15.9 Å². The molecular weight excluding hydrogens is 295 g/mol. The van der Waals surface area contributed by atoms with Crippen molar-refractivity contribution in [1.29, 1.82) is 0 Å². The minimum atomic E-state index is -0.517. The Hall–Kier alpha value is -2.17. The van der Waals surface area contributed by atoms with Gasteiger partial charge in [0.05, 0.1) is 0 Å². The van der Waals surface area contributed by atoms with Gasteiger partial charge >= 0.3 is 0 Å². The maximum absolute atomic E-state index is 4.05. The van der Waals surface area contributed by atoms with Gasteiger partial charge in [0.15, 0.2) is 0 Å². The molecule has 3 aromatic rings. The Morgan fingerprint density at radius 2 is 1.26 bits per heavy atom. The van der Waals surface area contributed by atoms with Gasteiger partial charge in [-0.05, 0) is 42.7 Å². The number of hydrogen-bond acceptors (Lipinski definition) is 0. The third-order valence-electron chi connectivity index (χ3n) is 3.70. The van der Waals surface area contributed by atoms with Gasteiger partial charge in [-0.3, -0.25) is 0 Å². The Bertz CT molecular complexity index is 736. The molecule has 0 nitrogen and oxygen atoms in total. The second-order valence-electron chi connectivity index (χ2n) is 5.81. The van der Waals surface area contributed by atoms with E-state index in [0.29, 0.717) is 0 Å². The quantitative estimate of drug-likeness (QED) is 0.478. The first kappa shape index (κ1) is 15.7. The molecule has 0 saturated heterocycles. The van der Waals surface area contributed by atoms with Crippen molar-refractivity contribution >= 4 is 23.8 Å². The largest absolute Gasteiger partial charge is 0.0998 e. The van der Waals surface area contributed by atoms with Gasteiger partial charge < -0.3 is 0 Å². The van der Waals surface area contributed by atoms with Crippen molar-refractivity contribution < 1.29 is 0 Å². The molecule has 0 heterocycles. The maximum Gasteiger partial charge on any atom is -0.00723 e. The first-order chi connectivity index (χ1) is 11.2. The minimum Gasteiger partial charge on any atom is -0.0998 e. The van der Waals surface area contributed by atoms with Crippen LogP contribution in [0.2, 0.25) is 0 Å². The molecule has 0 aliphatic rings.